The lowest BCUT2D eigenvalue weighted by Gasteiger charge is -2.29. The molecule has 1 fully saturated rings. The zero-order chi connectivity index (χ0) is 84.9. The first kappa shape index (κ1) is 93.7. The van der Waals surface area contributed by atoms with Gasteiger partial charge in [-0.15, -0.1) is 0 Å². The number of hydrogen-bond acceptors (Lipinski definition) is 24. The Balaban J connectivity index is 1.86. The van der Waals surface area contributed by atoms with Crippen LogP contribution < -0.4 is 86.3 Å². The number of anilines is 1. The van der Waals surface area contributed by atoms with E-state index < -0.39 is 262 Å². The minimum absolute atomic E-state index is 0.0179. The number of aliphatic hydroxyl groups excluding tert-OH is 1. The molecule has 624 valence electrons. The van der Waals surface area contributed by atoms with E-state index in [4.69, 9.17) is 21.9 Å². The summed E-state index contributed by atoms with van der Waals surface area (Å²) in [6.45, 7) is 0.0306. The molecule has 114 heavy (non-hydrogen) atoms. The van der Waals surface area contributed by atoms with E-state index in [1.165, 1.54) is 24.3 Å². The number of carboxylic acid groups (broad SMARTS) is 4. The van der Waals surface area contributed by atoms with Gasteiger partial charge in [0.05, 0.1) is 45.4 Å². The van der Waals surface area contributed by atoms with Crippen LogP contribution in [0.1, 0.15) is 146 Å². The Kier molecular flexibility index (Phi) is 39.0. The fourth-order valence-corrected chi connectivity index (χ4v) is 11.4. The van der Waals surface area contributed by atoms with E-state index in [1.54, 1.807) is 30.5 Å². The number of H-pyrrole nitrogens is 1. The third-order valence-electron chi connectivity index (χ3n) is 17.5. The Morgan fingerprint density at radius 2 is 1.05 bits per heavy atom. The Labute approximate surface area is 651 Å². The van der Waals surface area contributed by atoms with Crippen LogP contribution in [0.15, 0.2) is 54.7 Å². The van der Waals surface area contributed by atoms with Crippen molar-refractivity contribution in [2.24, 2.45) is 11.5 Å². The maximum Gasteiger partial charge on any atom is 0.329 e. The number of aliphatic carboxylic acids is 4. The number of aromatic amines is 1. The zero-order valence-electron chi connectivity index (χ0n) is 62.7. The lowest BCUT2D eigenvalue weighted by Crippen LogP contribution is -2.61. The van der Waals surface area contributed by atoms with Gasteiger partial charge in [-0.2, -0.15) is 0 Å². The Morgan fingerprint density at radius 3 is 1.65 bits per heavy atom. The molecule has 43 nitrogen and oxygen atoms in total. The summed E-state index contributed by atoms with van der Waals surface area (Å²) in [5.74, 6) is -28.2. The number of amides is 14. The average Bonchev–Trinajstić information content (AvgIpc) is 1.64. The van der Waals surface area contributed by atoms with Crippen LogP contribution in [0.3, 0.4) is 0 Å². The Hall–Kier alpha value is -12.7. The fourth-order valence-electron chi connectivity index (χ4n) is 11.4. The van der Waals surface area contributed by atoms with Gasteiger partial charge in [0.15, 0.2) is 5.78 Å². The van der Waals surface area contributed by atoms with Crippen LogP contribution >= 0.6 is 0 Å². The number of cyclic esters (lactones) is 1. The highest BCUT2D eigenvalue weighted by molar-refractivity contribution is 6.05. The van der Waals surface area contributed by atoms with Gasteiger partial charge in [-0.1, -0.05) is 75.8 Å². The number of primary amides is 1. The normalized spacial score (nSPS) is 21.0. The monoisotopic (exact) mass is 1610 g/mol. The number of nitrogens with two attached hydrogens (primary N) is 3. The number of rotatable bonds is 35. The number of nitrogens with one attached hydrogen (secondary N) is 14. The van der Waals surface area contributed by atoms with Crippen molar-refractivity contribution in [1.29, 1.82) is 0 Å². The van der Waals surface area contributed by atoms with Crippen molar-refractivity contribution in [2.45, 2.75) is 209 Å². The van der Waals surface area contributed by atoms with E-state index in [9.17, 15) is 121 Å². The highest BCUT2D eigenvalue weighted by atomic mass is 16.5. The van der Waals surface area contributed by atoms with Gasteiger partial charge in [0, 0.05) is 54.0 Å². The molecule has 0 saturated carbocycles. The van der Waals surface area contributed by atoms with Crippen LogP contribution in [-0.2, 0) is 102 Å². The number of esters is 1. The SMILES string of the molecule is CCCCCCCCCC(=O)N[C@@H](Cc1c[nH]c2ccccc12)C(=O)N[C@@H](CC(N)=O)C(=O)N[C@@H](CC(=O)O)C(=O)N[C@@H]1C(=O)NCC(=O)N[C@@H](CCCN)C(=O)N[C@@H](CC(=O)O)C(=O)N[C@@H](C)C(=O)N[C@@H](CC(=O)O)C(=O)NCC(=O)N[C@@H](CO)C(=O)N[C@@H](CCC(=O)O)C(=O)N[C@@H](CC(=O)c2ccccc2N)C(=O)O[C@@H]1C. The summed E-state index contributed by atoms with van der Waals surface area (Å²) in [4.78, 5) is 275. The minimum Gasteiger partial charge on any atom is -0.481 e. The van der Waals surface area contributed by atoms with Crippen LogP contribution in [0.25, 0.3) is 10.9 Å². The molecule has 2 heterocycles. The molecule has 12 atom stereocenters. The van der Waals surface area contributed by atoms with E-state index >= 15 is 0 Å². The lowest BCUT2D eigenvalue weighted by atomic mass is 10.0. The minimum atomic E-state index is -2.44. The van der Waals surface area contributed by atoms with Crippen molar-refractivity contribution in [3.63, 3.8) is 0 Å². The van der Waals surface area contributed by atoms with E-state index in [0.717, 1.165) is 46.0 Å². The summed E-state index contributed by atoms with van der Waals surface area (Å²) in [7, 11) is 0. The number of fused-ring (bicyclic) bond motifs is 1. The summed E-state index contributed by atoms with van der Waals surface area (Å²) in [6, 6.07) is -10.5. The maximum atomic E-state index is 14.8. The number of aliphatic hydroxyl groups is 1. The highest BCUT2D eigenvalue weighted by Crippen LogP contribution is 2.21. The number of hydrogen-bond donors (Lipinski definition) is 22. The number of Topliss-reactive ketones (excluding diaryl/α,β-unsaturated/α-hetero) is 1. The quantitative estimate of drug-likeness (QED) is 0.0113. The fraction of sp³-hybridized carbons (Fsp3) is 0.521. The van der Waals surface area contributed by atoms with Gasteiger partial charge < -0.3 is 122 Å². The Bertz CT molecular complexity index is 4000. The van der Waals surface area contributed by atoms with Crippen molar-refractivity contribution < 1.29 is 126 Å². The number of aromatic nitrogens is 1. The summed E-state index contributed by atoms with van der Waals surface area (Å²) in [5.41, 5.74) is 18.1. The van der Waals surface area contributed by atoms with Crippen molar-refractivity contribution in [3.8, 4) is 0 Å². The number of carbonyl (C=O) groups is 20. The molecule has 1 saturated heterocycles. The summed E-state index contributed by atoms with van der Waals surface area (Å²) >= 11 is 0. The van der Waals surface area contributed by atoms with E-state index in [-0.39, 0.29) is 37.1 Å². The number of carbonyl (C=O) groups excluding carboxylic acids is 16. The first-order valence-electron chi connectivity index (χ1n) is 36.4. The van der Waals surface area contributed by atoms with Crippen LogP contribution in [0.2, 0.25) is 0 Å². The van der Waals surface area contributed by atoms with Crippen molar-refractivity contribution in [3.05, 3.63) is 65.9 Å². The Morgan fingerprint density at radius 1 is 0.526 bits per heavy atom. The van der Waals surface area contributed by atoms with Gasteiger partial charge in [-0.25, -0.2) is 4.79 Å². The van der Waals surface area contributed by atoms with Crippen LogP contribution in [0.4, 0.5) is 5.69 Å². The molecular weight excluding hydrogens is 1510 g/mol. The first-order chi connectivity index (χ1) is 53.9. The first-order valence-corrected chi connectivity index (χ1v) is 36.4. The highest BCUT2D eigenvalue weighted by Gasteiger charge is 2.40. The molecule has 1 aliphatic rings. The number of benzene rings is 2. The van der Waals surface area contributed by atoms with Crippen LogP contribution in [-0.4, -0.2) is 248 Å². The molecule has 1 aliphatic heterocycles. The third kappa shape index (κ3) is 32.3. The third-order valence-corrected chi connectivity index (χ3v) is 17.5. The van der Waals surface area contributed by atoms with Gasteiger partial charge in [0.25, 0.3) is 0 Å². The smallest absolute Gasteiger partial charge is 0.329 e. The number of carboxylic acids is 4. The topological polar surface area (TPSA) is 702 Å². The number of nitrogen functional groups attached to an aromatic ring is 1. The standard InChI is InChI=1S/C71H99N17O26/c1-4-5-6-7-8-9-10-21-53(92)80-44(25-37-31-75-41-19-14-12-16-38(37)41)66(108)84-45(27-52(74)91)67(109)86-48(30-59(101)102)68(110)88-60-36(3)114-71(113)49(26-51(90)39-17-11-13-18-40(39)73)87-64(106)43(22-23-56(95)96)82-69(111)50(34-89)81-55(94)32-76-62(104)46(28-57(97)98)83-61(103)35(2)78-65(107)47(29-58(99)100)85-63(105)42(20-15-24-72)79-54(93)33-77-70(60)112/h11-14,16-19,31,35-36,42-50,60,75,89H,4-10,15,20-30,32-34,72-73H2,1-3H3,(H2,74,91)(H,76,104)(H,77,112)(H,78,107)(H,79,93)(H,80,92)(H,81,94)(H,82,111)(H,83,103)(H,84,108)(H,85,105)(H,86,109)(H,87,106)(H,88,110)(H,95,96)(H,97,98)(H,99,100)(H,101,102)/t35-,36+,42-,43-,44-,45-,46-,47-,48-,49-,50-,60-/m0/s1. The predicted molar refractivity (Wildman–Crippen MR) is 396 cm³/mol. The number of unbranched alkanes of at least 4 members (excludes halogenated alkanes) is 6. The van der Waals surface area contributed by atoms with E-state index in [2.05, 4.69) is 65.1 Å². The largest absolute Gasteiger partial charge is 0.481 e. The van der Waals surface area contributed by atoms with Crippen molar-refractivity contribution >= 4 is 135 Å². The second-order valence-electron chi connectivity index (χ2n) is 26.7. The number of para-hydroxylation sites is 2. The van der Waals surface area contributed by atoms with Crippen LogP contribution in [0.5, 0.6) is 0 Å². The lowest BCUT2D eigenvalue weighted by molar-refractivity contribution is -0.156. The summed E-state index contributed by atoms with van der Waals surface area (Å²) in [5, 5.41) is 78.2. The second-order valence-corrected chi connectivity index (χ2v) is 26.7. The maximum absolute atomic E-state index is 14.8. The van der Waals surface area contributed by atoms with E-state index in [0.29, 0.717) is 29.3 Å². The molecule has 0 unspecified atom stereocenters. The average molecular weight is 1610 g/mol. The molecule has 0 bridgehead atoms. The van der Waals surface area contributed by atoms with E-state index in [1.807, 2.05) is 16.0 Å². The molecule has 43 heteroatoms. The predicted octanol–water partition coefficient (Wildman–Crippen LogP) is -5.87. The molecule has 4 rings (SSSR count). The molecule has 3 aromatic rings. The molecule has 14 amide bonds. The summed E-state index contributed by atoms with van der Waals surface area (Å²) < 4.78 is 5.65. The molecule has 0 spiro atoms. The summed E-state index contributed by atoms with van der Waals surface area (Å²) in [6.07, 6.45) is -3.17. The molecule has 1 aromatic heterocycles. The van der Waals surface area contributed by atoms with Gasteiger partial charge in [-0.3, -0.25) is 91.1 Å². The van der Waals surface area contributed by atoms with Gasteiger partial charge >= 0.3 is 29.8 Å². The molecule has 0 radical (unpaired) electrons. The second kappa shape index (κ2) is 47.5. The van der Waals surface area contributed by atoms with Crippen LogP contribution in [0, 0.1) is 0 Å². The number of ketones is 1. The molecular formula is C71H99N17O26. The molecule has 2 aromatic carbocycles. The number of ether oxygens (including phenoxy) is 1. The van der Waals surface area contributed by atoms with Gasteiger partial charge in [0.1, 0.15) is 72.6 Å². The van der Waals surface area contributed by atoms with Gasteiger partial charge in [-0.05, 0) is 69.8 Å². The molecule has 25 N–H and O–H groups in total. The van der Waals surface area contributed by atoms with Crippen molar-refractivity contribution in [1.82, 2.24) is 74.1 Å². The van der Waals surface area contributed by atoms with Crippen molar-refractivity contribution in [2.75, 3.05) is 32.0 Å². The molecule has 0 aliphatic carbocycles. The zero-order valence-corrected chi connectivity index (χ0v) is 62.7. The van der Waals surface area contributed by atoms with Gasteiger partial charge in [0.2, 0.25) is 82.7 Å².